The molecule has 3 unspecified atom stereocenters. The maximum Gasteiger partial charge on any atom is 0.516 e. The Hall–Kier alpha value is -2.85. The van der Waals surface area contributed by atoms with Crippen LogP contribution in [0.1, 0.15) is 23.4 Å². The minimum absolute atomic E-state index is 0.151. The van der Waals surface area contributed by atoms with Crippen LogP contribution in [-0.4, -0.2) is 36.7 Å². The molecule has 1 saturated heterocycles. The minimum Gasteiger partial charge on any atom is -0.497 e. The standard InChI is InChI=1S/C23H23F3N2O4S/c1-14-5-4-6-17(27-14)11-16-13-32-21-12-15(9-10-19(21)22(16)29)18-7-2-3-8-20(18)28-33(30,31)23(24,25)26/h2-9,12,16,19,22,28-29H,10-11,13H2,1H3. The maximum atomic E-state index is 12.8. The summed E-state index contributed by atoms with van der Waals surface area (Å²) in [6.07, 6.45) is 3.71. The van der Waals surface area contributed by atoms with Crippen molar-refractivity contribution in [2.45, 2.75) is 31.4 Å². The first-order valence-electron chi connectivity index (χ1n) is 10.4. The number of anilines is 1. The van der Waals surface area contributed by atoms with Crippen molar-refractivity contribution in [3.8, 4) is 0 Å². The van der Waals surface area contributed by atoms with E-state index < -0.39 is 21.6 Å². The largest absolute Gasteiger partial charge is 0.516 e. The number of para-hydroxylation sites is 1. The predicted molar refractivity (Wildman–Crippen MR) is 117 cm³/mol. The lowest BCUT2D eigenvalue weighted by atomic mass is 9.79. The third-order valence-corrected chi connectivity index (χ3v) is 6.92. The van der Waals surface area contributed by atoms with Crippen molar-refractivity contribution in [2.24, 2.45) is 11.8 Å². The molecular weight excluding hydrogens is 457 g/mol. The second-order valence-corrected chi connectivity index (χ2v) is 9.86. The number of hydrogen-bond donors (Lipinski definition) is 2. The number of allylic oxidation sites excluding steroid dienone is 3. The molecule has 2 aromatic rings. The molecule has 6 nitrogen and oxygen atoms in total. The highest BCUT2D eigenvalue weighted by Crippen LogP contribution is 2.40. The molecule has 1 aromatic heterocycles. The Kier molecular flexibility index (Phi) is 6.24. The first kappa shape index (κ1) is 23.3. The van der Waals surface area contributed by atoms with Crippen LogP contribution in [0.2, 0.25) is 0 Å². The number of aliphatic hydroxyl groups is 1. The highest BCUT2D eigenvalue weighted by molar-refractivity contribution is 7.93. The normalized spacial score (nSPS) is 23.1. The van der Waals surface area contributed by atoms with E-state index >= 15 is 0 Å². The van der Waals surface area contributed by atoms with Gasteiger partial charge >= 0.3 is 15.5 Å². The summed E-state index contributed by atoms with van der Waals surface area (Å²) < 4.78 is 69.3. The molecule has 176 valence electrons. The molecule has 2 N–H and O–H groups in total. The first-order chi connectivity index (χ1) is 15.5. The van der Waals surface area contributed by atoms with Crippen LogP contribution < -0.4 is 4.72 Å². The van der Waals surface area contributed by atoms with Gasteiger partial charge in [-0.15, -0.1) is 0 Å². The number of sulfonamides is 1. The van der Waals surface area contributed by atoms with Crippen LogP contribution in [0.3, 0.4) is 0 Å². The van der Waals surface area contributed by atoms with Crippen molar-refractivity contribution < 1.29 is 31.4 Å². The van der Waals surface area contributed by atoms with Crippen molar-refractivity contribution >= 4 is 21.3 Å². The number of nitrogens with zero attached hydrogens (tertiary/aromatic N) is 1. The van der Waals surface area contributed by atoms with Crippen molar-refractivity contribution in [1.82, 2.24) is 4.98 Å². The fourth-order valence-corrected chi connectivity index (χ4v) is 4.74. The van der Waals surface area contributed by atoms with Crippen molar-refractivity contribution in [3.63, 3.8) is 0 Å². The third-order valence-electron chi connectivity index (χ3n) is 5.82. The van der Waals surface area contributed by atoms with Crippen molar-refractivity contribution in [2.75, 3.05) is 11.3 Å². The van der Waals surface area contributed by atoms with E-state index in [1.165, 1.54) is 18.2 Å². The Labute approximate surface area is 189 Å². The summed E-state index contributed by atoms with van der Waals surface area (Å²) in [5, 5.41) is 11.0. The topological polar surface area (TPSA) is 88.5 Å². The van der Waals surface area contributed by atoms with Gasteiger partial charge in [0.25, 0.3) is 0 Å². The van der Waals surface area contributed by atoms with Crippen LogP contribution in [0.15, 0.2) is 60.4 Å². The quantitative estimate of drug-likeness (QED) is 0.670. The molecule has 0 radical (unpaired) electrons. The number of fused-ring (bicyclic) bond motifs is 1. The van der Waals surface area contributed by atoms with Crippen LogP contribution in [-0.2, 0) is 21.2 Å². The summed E-state index contributed by atoms with van der Waals surface area (Å²) in [6.45, 7) is 2.17. The molecule has 0 amide bonds. The molecule has 10 heteroatoms. The minimum atomic E-state index is -5.56. The van der Waals surface area contributed by atoms with Crippen LogP contribution >= 0.6 is 0 Å². The van der Waals surface area contributed by atoms with E-state index in [1.807, 2.05) is 25.1 Å². The number of benzene rings is 1. The Morgan fingerprint density at radius 1 is 1.18 bits per heavy atom. The Morgan fingerprint density at radius 3 is 2.67 bits per heavy atom. The van der Waals surface area contributed by atoms with E-state index in [0.29, 0.717) is 29.7 Å². The van der Waals surface area contributed by atoms with E-state index in [0.717, 1.165) is 11.4 Å². The van der Waals surface area contributed by atoms with Crippen LogP contribution in [0.25, 0.3) is 5.57 Å². The lowest BCUT2D eigenvalue weighted by Crippen LogP contribution is -2.40. The summed E-state index contributed by atoms with van der Waals surface area (Å²) in [5.74, 6) is 0.0838. The second-order valence-electron chi connectivity index (χ2n) is 8.18. The molecular formula is C23H23F3N2O4S. The molecule has 2 heterocycles. The van der Waals surface area contributed by atoms with Gasteiger partial charge in [0.1, 0.15) is 5.76 Å². The maximum absolute atomic E-state index is 12.8. The highest BCUT2D eigenvalue weighted by Gasteiger charge is 2.46. The Bertz CT molecular complexity index is 1210. The average Bonchev–Trinajstić information content (AvgIpc) is 2.75. The van der Waals surface area contributed by atoms with Gasteiger partial charge in [-0.1, -0.05) is 30.3 Å². The number of hydrogen-bond acceptors (Lipinski definition) is 5. The van der Waals surface area contributed by atoms with Crippen LogP contribution in [0, 0.1) is 18.8 Å². The summed E-state index contributed by atoms with van der Waals surface area (Å²) in [4.78, 5) is 4.48. The SMILES string of the molecule is Cc1cccc(CC2COC3=CC(c4ccccc4NS(=O)(=O)C(F)(F)F)=CCC3C2O)n1. The van der Waals surface area contributed by atoms with Crippen molar-refractivity contribution in [3.05, 3.63) is 77.3 Å². The van der Waals surface area contributed by atoms with Gasteiger partial charge in [-0.3, -0.25) is 9.71 Å². The van der Waals surface area contributed by atoms with Crippen LogP contribution in [0.5, 0.6) is 0 Å². The zero-order chi connectivity index (χ0) is 23.8. The van der Waals surface area contributed by atoms with Gasteiger partial charge in [-0.25, -0.2) is 0 Å². The van der Waals surface area contributed by atoms with Gasteiger partial charge in [0.15, 0.2) is 0 Å². The number of halogens is 3. The summed E-state index contributed by atoms with van der Waals surface area (Å²) >= 11 is 0. The molecule has 33 heavy (non-hydrogen) atoms. The number of aromatic nitrogens is 1. The number of pyridine rings is 1. The first-order valence-corrected chi connectivity index (χ1v) is 11.9. The average molecular weight is 481 g/mol. The fourth-order valence-electron chi connectivity index (χ4n) is 4.15. The molecule has 1 aromatic carbocycles. The molecule has 0 bridgehead atoms. The Morgan fingerprint density at radius 2 is 1.94 bits per heavy atom. The molecule has 1 fully saturated rings. The summed E-state index contributed by atoms with van der Waals surface area (Å²) in [6, 6.07) is 11.6. The fraction of sp³-hybridized carbons (Fsp3) is 0.348. The third kappa shape index (κ3) is 4.91. The molecule has 0 saturated carbocycles. The number of aryl methyl sites for hydroxylation is 1. The molecule has 4 rings (SSSR count). The highest BCUT2D eigenvalue weighted by atomic mass is 32.2. The molecule has 2 aliphatic rings. The van der Waals surface area contributed by atoms with Gasteiger partial charge in [0.05, 0.1) is 18.4 Å². The number of ether oxygens (including phenoxy) is 1. The molecule has 0 spiro atoms. The second kappa shape index (κ2) is 8.83. The van der Waals surface area contributed by atoms with Crippen molar-refractivity contribution in [1.29, 1.82) is 0 Å². The van der Waals surface area contributed by atoms with E-state index in [2.05, 4.69) is 4.98 Å². The number of rotatable bonds is 5. The lowest BCUT2D eigenvalue weighted by molar-refractivity contribution is -0.0429. The van der Waals surface area contributed by atoms with E-state index in [-0.39, 0.29) is 24.1 Å². The summed E-state index contributed by atoms with van der Waals surface area (Å²) in [5.41, 5.74) is -3.04. The van der Waals surface area contributed by atoms with E-state index in [1.54, 1.807) is 22.9 Å². The monoisotopic (exact) mass is 480 g/mol. The van der Waals surface area contributed by atoms with E-state index in [9.17, 15) is 26.7 Å². The lowest BCUT2D eigenvalue weighted by Gasteiger charge is -2.38. The van der Waals surface area contributed by atoms with Gasteiger partial charge in [-0.2, -0.15) is 21.6 Å². The zero-order valence-corrected chi connectivity index (χ0v) is 18.5. The number of aliphatic hydroxyl groups excluding tert-OH is 1. The molecule has 3 atom stereocenters. The zero-order valence-electron chi connectivity index (χ0n) is 17.7. The Balaban J connectivity index is 1.53. The number of nitrogens with one attached hydrogen (secondary N) is 1. The van der Waals surface area contributed by atoms with Crippen LogP contribution in [0.4, 0.5) is 18.9 Å². The van der Waals surface area contributed by atoms with E-state index in [4.69, 9.17) is 4.74 Å². The van der Waals surface area contributed by atoms with Gasteiger partial charge in [-0.05, 0) is 49.6 Å². The van der Waals surface area contributed by atoms with Gasteiger partial charge in [0.2, 0.25) is 0 Å². The smallest absolute Gasteiger partial charge is 0.497 e. The van der Waals surface area contributed by atoms with Gasteiger partial charge < -0.3 is 9.84 Å². The molecule has 1 aliphatic carbocycles. The predicted octanol–water partition coefficient (Wildman–Crippen LogP) is 4.19. The molecule has 1 aliphatic heterocycles. The number of alkyl halides is 3. The van der Waals surface area contributed by atoms with Gasteiger partial charge in [0, 0.05) is 28.8 Å². The summed E-state index contributed by atoms with van der Waals surface area (Å²) in [7, 11) is -5.56.